The maximum absolute atomic E-state index is 13.2. The second kappa shape index (κ2) is 8.52. The highest BCUT2D eigenvalue weighted by Gasteiger charge is 2.33. The van der Waals surface area contributed by atoms with Gasteiger partial charge >= 0.3 is 6.18 Å². The van der Waals surface area contributed by atoms with Crippen LogP contribution in [0, 0.1) is 0 Å². The van der Waals surface area contributed by atoms with Crippen LogP contribution in [0.15, 0.2) is 54.0 Å². The molecule has 1 atom stereocenters. The average molecular weight is 444 g/mol. The Hall–Kier alpha value is -3.56. The van der Waals surface area contributed by atoms with Crippen LogP contribution >= 0.6 is 0 Å². The molecule has 0 saturated heterocycles. The molecule has 3 aromatic rings. The summed E-state index contributed by atoms with van der Waals surface area (Å²) in [5, 5.41) is 15.8. The molecule has 32 heavy (non-hydrogen) atoms. The van der Waals surface area contributed by atoms with Gasteiger partial charge in [0.15, 0.2) is 5.84 Å². The maximum Gasteiger partial charge on any atom is 0.417 e. The second-order valence-electron chi connectivity index (χ2n) is 7.82. The smallest absolute Gasteiger partial charge is 0.417 e. The third-order valence-corrected chi connectivity index (χ3v) is 5.16. The van der Waals surface area contributed by atoms with Crippen LogP contribution in [0.3, 0.4) is 0 Å². The molecule has 3 N–H and O–H groups in total. The van der Waals surface area contributed by atoms with Gasteiger partial charge in [-0.1, -0.05) is 12.1 Å². The molecule has 168 valence electrons. The van der Waals surface area contributed by atoms with Crippen LogP contribution in [0.5, 0.6) is 5.75 Å². The molecule has 1 aromatic carbocycles. The largest absolute Gasteiger partial charge is 0.508 e. The minimum atomic E-state index is -4.48. The van der Waals surface area contributed by atoms with E-state index in [1.807, 2.05) is 30.5 Å². The Morgan fingerprint density at radius 3 is 2.59 bits per heavy atom. The van der Waals surface area contributed by atoms with Crippen molar-refractivity contribution in [1.29, 1.82) is 0 Å². The molecule has 0 bridgehead atoms. The van der Waals surface area contributed by atoms with E-state index in [1.54, 1.807) is 18.5 Å². The van der Waals surface area contributed by atoms with Crippen molar-refractivity contribution in [3.63, 3.8) is 0 Å². The summed E-state index contributed by atoms with van der Waals surface area (Å²) >= 11 is 0. The Morgan fingerprint density at radius 2 is 1.91 bits per heavy atom. The lowest BCUT2D eigenvalue weighted by Crippen LogP contribution is -2.40. The number of halogens is 3. The van der Waals surface area contributed by atoms with Gasteiger partial charge in [0, 0.05) is 30.5 Å². The molecule has 0 saturated carbocycles. The Balaban J connectivity index is 1.64. The monoisotopic (exact) mass is 444 g/mol. The van der Waals surface area contributed by atoms with Crippen LogP contribution in [-0.2, 0) is 12.6 Å². The summed E-state index contributed by atoms with van der Waals surface area (Å²) in [7, 11) is 0. The van der Waals surface area contributed by atoms with E-state index < -0.39 is 17.9 Å². The molecule has 4 rings (SSSR count). The molecule has 0 spiro atoms. The van der Waals surface area contributed by atoms with Crippen molar-refractivity contribution < 1.29 is 18.3 Å². The van der Waals surface area contributed by atoms with Crippen LogP contribution in [0.1, 0.15) is 48.4 Å². The molecule has 1 unspecified atom stereocenters. The number of hydrogen-bond donors (Lipinski definition) is 3. The minimum Gasteiger partial charge on any atom is -0.508 e. The first-order valence-corrected chi connectivity index (χ1v) is 10.2. The number of amidine groups is 1. The van der Waals surface area contributed by atoms with Gasteiger partial charge in [0.2, 0.25) is 0 Å². The summed E-state index contributed by atoms with van der Waals surface area (Å²) in [5.74, 6) is 1.38. The molecule has 0 fully saturated rings. The molecule has 0 radical (unpaired) electrons. The van der Waals surface area contributed by atoms with Crippen molar-refractivity contribution in [2.45, 2.75) is 38.7 Å². The predicted octanol–water partition coefficient (Wildman–Crippen LogP) is 4.29. The normalized spacial score (nSPS) is 17.2. The van der Waals surface area contributed by atoms with Crippen LogP contribution in [-0.4, -0.2) is 32.0 Å². The molecule has 0 aliphatic carbocycles. The predicted molar refractivity (Wildman–Crippen MR) is 115 cm³/mol. The first kappa shape index (κ1) is 21.7. The quantitative estimate of drug-likeness (QED) is 0.547. The fourth-order valence-corrected chi connectivity index (χ4v) is 3.46. The van der Waals surface area contributed by atoms with Crippen LogP contribution in [0.4, 0.5) is 19.0 Å². The van der Waals surface area contributed by atoms with Gasteiger partial charge in [-0.25, -0.2) is 4.98 Å². The highest BCUT2D eigenvalue weighted by atomic mass is 19.4. The zero-order chi connectivity index (χ0) is 22.9. The van der Waals surface area contributed by atoms with Gasteiger partial charge in [-0.15, -0.1) is 0 Å². The Kier molecular flexibility index (Phi) is 5.77. The lowest BCUT2D eigenvalue weighted by molar-refractivity contribution is -0.137. The molecule has 10 heteroatoms. The zero-order valence-corrected chi connectivity index (χ0v) is 17.6. The summed E-state index contributed by atoms with van der Waals surface area (Å²) in [4.78, 5) is 12.9. The van der Waals surface area contributed by atoms with Gasteiger partial charge in [0.1, 0.15) is 23.4 Å². The van der Waals surface area contributed by atoms with Crippen LogP contribution < -0.4 is 10.6 Å². The minimum absolute atomic E-state index is 0.0929. The van der Waals surface area contributed by atoms with Crippen molar-refractivity contribution >= 4 is 11.7 Å². The van der Waals surface area contributed by atoms with Gasteiger partial charge in [0.05, 0.1) is 11.9 Å². The molecular weight excluding hydrogens is 421 g/mol. The van der Waals surface area contributed by atoms with Gasteiger partial charge in [-0.3, -0.25) is 9.98 Å². The molecular formula is C22H23F3N6O. The highest BCUT2D eigenvalue weighted by molar-refractivity contribution is 6.03. The van der Waals surface area contributed by atoms with Crippen LogP contribution in [0.25, 0.3) is 0 Å². The summed E-state index contributed by atoms with van der Waals surface area (Å²) in [6.45, 7) is 4.43. The molecule has 2 aromatic heterocycles. The van der Waals surface area contributed by atoms with E-state index in [4.69, 9.17) is 0 Å². The third kappa shape index (κ3) is 4.53. The van der Waals surface area contributed by atoms with Gasteiger partial charge < -0.3 is 20.3 Å². The standard InChI is InChI=1S/C22H23F3N6O/c1-13(2)31-12-28-18-20(27-8-7-14-3-5-17(32)6-4-14)29-19(30-21(18)31)15-9-16(11-26-10-15)22(23,24)25/h3-6,9-13,19,30,32H,7-8H2,1-2H3,(H,27,29). The Labute approximate surface area is 183 Å². The molecule has 1 aliphatic rings. The summed E-state index contributed by atoms with van der Waals surface area (Å²) in [6, 6.07) is 8.04. The molecule has 1 aliphatic heterocycles. The van der Waals surface area contributed by atoms with E-state index in [0.717, 1.165) is 17.8 Å². The number of phenolic OH excluding ortho intramolecular Hbond substituents is 1. The van der Waals surface area contributed by atoms with E-state index in [1.165, 1.54) is 6.20 Å². The fourth-order valence-electron chi connectivity index (χ4n) is 3.46. The number of hydrogen-bond acceptors (Lipinski definition) is 5. The number of aliphatic imine (C=N–C) groups is 1. The maximum atomic E-state index is 13.2. The van der Waals surface area contributed by atoms with Crippen molar-refractivity contribution in [3.8, 4) is 5.75 Å². The van der Waals surface area contributed by atoms with E-state index in [2.05, 4.69) is 25.6 Å². The third-order valence-electron chi connectivity index (χ3n) is 5.16. The molecule has 7 nitrogen and oxygen atoms in total. The number of aromatic hydroxyl groups is 1. The number of phenols is 1. The number of imidazole rings is 1. The Morgan fingerprint density at radius 1 is 1.16 bits per heavy atom. The number of anilines is 1. The van der Waals surface area contributed by atoms with Gasteiger partial charge in [0.25, 0.3) is 0 Å². The van der Waals surface area contributed by atoms with Crippen molar-refractivity contribution in [1.82, 2.24) is 19.9 Å². The van der Waals surface area contributed by atoms with Crippen LogP contribution in [0.2, 0.25) is 0 Å². The van der Waals surface area contributed by atoms with E-state index in [0.29, 0.717) is 35.9 Å². The second-order valence-corrected chi connectivity index (χ2v) is 7.82. The number of rotatable bonds is 5. The zero-order valence-electron chi connectivity index (χ0n) is 17.6. The lowest BCUT2D eigenvalue weighted by atomic mass is 10.1. The topological polar surface area (TPSA) is 87.4 Å². The number of alkyl halides is 3. The number of aromatic nitrogens is 3. The summed E-state index contributed by atoms with van der Waals surface area (Å²) in [6.07, 6.45) is -0.610. The first-order valence-electron chi connectivity index (χ1n) is 10.2. The fraction of sp³-hybridized carbons (Fsp3) is 0.318. The SMILES string of the molecule is CC(C)n1cnc2c1NC(c1cncc(C(F)(F)F)c1)NC2=NCCc1ccc(O)cc1. The van der Waals surface area contributed by atoms with E-state index in [9.17, 15) is 18.3 Å². The van der Waals surface area contributed by atoms with E-state index in [-0.39, 0.29) is 11.8 Å². The number of nitrogens with one attached hydrogen (secondary N) is 2. The molecule has 3 heterocycles. The number of nitrogens with zero attached hydrogens (tertiary/aromatic N) is 4. The number of fused-ring (bicyclic) bond motifs is 1. The Bertz CT molecular complexity index is 1120. The molecule has 0 amide bonds. The van der Waals surface area contributed by atoms with Crippen molar-refractivity contribution in [2.75, 3.05) is 11.9 Å². The van der Waals surface area contributed by atoms with Gasteiger partial charge in [-0.2, -0.15) is 13.2 Å². The summed E-state index contributed by atoms with van der Waals surface area (Å²) in [5.41, 5.74) is 1.15. The first-order chi connectivity index (χ1) is 15.2. The number of benzene rings is 1. The van der Waals surface area contributed by atoms with Crippen molar-refractivity contribution in [2.24, 2.45) is 4.99 Å². The average Bonchev–Trinajstić information content (AvgIpc) is 3.19. The number of pyridine rings is 1. The lowest BCUT2D eigenvalue weighted by Gasteiger charge is -2.30. The summed E-state index contributed by atoms with van der Waals surface area (Å²) < 4.78 is 41.5. The van der Waals surface area contributed by atoms with Crippen molar-refractivity contribution in [3.05, 3.63) is 71.4 Å². The highest BCUT2D eigenvalue weighted by Crippen LogP contribution is 2.32. The van der Waals surface area contributed by atoms with E-state index >= 15 is 0 Å². The van der Waals surface area contributed by atoms with Gasteiger partial charge in [-0.05, 0) is 44.0 Å².